The molecule has 2 atom stereocenters. The lowest BCUT2D eigenvalue weighted by Crippen LogP contribution is -2.49. The first-order chi connectivity index (χ1) is 11.1. The molecule has 5 heteroatoms. The largest absolute Gasteiger partial charge is 0.441 e. The molecule has 2 unspecified atom stereocenters. The van der Waals surface area contributed by atoms with Gasteiger partial charge in [0.15, 0.2) is 5.69 Å². The molecule has 0 radical (unpaired) electrons. The van der Waals surface area contributed by atoms with Crippen LogP contribution in [0.5, 0.6) is 0 Å². The first kappa shape index (κ1) is 15.7. The van der Waals surface area contributed by atoms with E-state index in [1.54, 1.807) is 6.92 Å². The molecule has 122 valence electrons. The summed E-state index contributed by atoms with van der Waals surface area (Å²) in [5.74, 6) is 1.58. The molecular formula is C18H23N3O2. The standard InChI is InChI=1S/C18H23N3O2/c1-12-8-9-21(15(10-12)11-19)18(22)16-13(2)23-17(20-16)14-6-4-3-5-7-14/h3-7,12,15H,8-11,19H2,1-2H3. The Morgan fingerprint density at radius 3 is 2.83 bits per heavy atom. The highest BCUT2D eigenvalue weighted by atomic mass is 16.4. The van der Waals surface area contributed by atoms with Crippen LogP contribution in [0.2, 0.25) is 0 Å². The number of benzene rings is 1. The normalized spacial score (nSPS) is 21.4. The fourth-order valence-electron chi connectivity index (χ4n) is 3.18. The van der Waals surface area contributed by atoms with E-state index in [1.807, 2.05) is 35.2 Å². The summed E-state index contributed by atoms with van der Waals surface area (Å²) in [4.78, 5) is 19.2. The molecule has 5 nitrogen and oxygen atoms in total. The van der Waals surface area contributed by atoms with Gasteiger partial charge in [-0.15, -0.1) is 0 Å². The second-order valence-corrected chi connectivity index (χ2v) is 6.31. The molecule has 1 aliphatic heterocycles. The third kappa shape index (κ3) is 3.15. The molecule has 1 aliphatic rings. The molecule has 1 amide bonds. The molecule has 0 bridgehead atoms. The van der Waals surface area contributed by atoms with Crippen LogP contribution in [-0.2, 0) is 0 Å². The van der Waals surface area contributed by atoms with Crippen LogP contribution in [0.15, 0.2) is 34.7 Å². The molecule has 0 saturated carbocycles. The molecule has 2 aromatic rings. The smallest absolute Gasteiger partial charge is 0.276 e. The topological polar surface area (TPSA) is 72.4 Å². The van der Waals surface area contributed by atoms with Crippen molar-refractivity contribution in [2.45, 2.75) is 32.7 Å². The Morgan fingerprint density at radius 2 is 2.13 bits per heavy atom. The Labute approximate surface area is 136 Å². The van der Waals surface area contributed by atoms with Crippen molar-refractivity contribution in [1.82, 2.24) is 9.88 Å². The van der Waals surface area contributed by atoms with Crippen LogP contribution in [0.3, 0.4) is 0 Å². The lowest BCUT2D eigenvalue weighted by molar-refractivity contribution is 0.0566. The maximum absolute atomic E-state index is 12.9. The van der Waals surface area contributed by atoms with E-state index < -0.39 is 0 Å². The number of hydrogen-bond donors (Lipinski definition) is 1. The third-order valence-corrected chi connectivity index (χ3v) is 4.53. The fraction of sp³-hybridized carbons (Fsp3) is 0.444. The number of aryl methyl sites for hydroxylation is 1. The van der Waals surface area contributed by atoms with Crippen LogP contribution in [-0.4, -0.2) is 34.9 Å². The molecule has 2 N–H and O–H groups in total. The summed E-state index contributed by atoms with van der Waals surface area (Å²) in [7, 11) is 0. The second kappa shape index (κ2) is 6.54. The number of likely N-dealkylation sites (tertiary alicyclic amines) is 1. The van der Waals surface area contributed by atoms with E-state index in [0.29, 0.717) is 29.8 Å². The van der Waals surface area contributed by atoms with Crippen LogP contribution in [0.25, 0.3) is 11.5 Å². The van der Waals surface area contributed by atoms with Crippen molar-refractivity contribution in [2.75, 3.05) is 13.1 Å². The van der Waals surface area contributed by atoms with Gasteiger partial charge in [0.2, 0.25) is 5.89 Å². The average molecular weight is 313 g/mol. The molecule has 1 saturated heterocycles. The summed E-state index contributed by atoms with van der Waals surface area (Å²) < 4.78 is 5.71. The highest BCUT2D eigenvalue weighted by Gasteiger charge is 2.32. The first-order valence-electron chi connectivity index (χ1n) is 8.14. The molecule has 23 heavy (non-hydrogen) atoms. The molecule has 1 aromatic heterocycles. The second-order valence-electron chi connectivity index (χ2n) is 6.31. The Hall–Kier alpha value is -2.14. The molecular weight excluding hydrogens is 290 g/mol. The third-order valence-electron chi connectivity index (χ3n) is 4.53. The summed E-state index contributed by atoms with van der Waals surface area (Å²) in [5, 5.41) is 0. The van der Waals surface area contributed by atoms with Gasteiger partial charge in [-0.3, -0.25) is 4.79 Å². The molecule has 1 aromatic carbocycles. The Kier molecular flexibility index (Phi) is 4.48. The van der Waals surface area contributed by atoms with E-state index >= 15 is 0 Å². The van der Waals surface area contributed by atoms with Gasteiger partial charge in [-0.25, -0.2) is 4.98 Å². The number of nitrogens with zero attached hydrogens (tertiary/aromatic N) is 2. The van der Waals surface area contributed by atoms with E-state index in [4.69, 9.17) is 10.2 Å². The number of piperidine rings is 1. The van der Waals surface area contributed by atoms with Crippen molar-refractivity contribution in [3.63, 3.8) is 0 Å². The minimum Gasteiger partial charge on any atom is -0.441 e. The molecule has 2 heterocycles. The number of carbonyl (C=O) groups excluding carboxylic acids is 1. The lowest BCUT2D eigenvalue weighted by atomic mass is 9.92. The zero-order valence-corrected chi connectivity index (χ0v) is 13.7. The summed E-state index contributed by atoms with van der Waals surface area (Å²) in [6.45, 7) is 5.21. The minimum atomic E-state index is -0.0734. The van der Waals surface area contributed by atoms with Gasteiger partial charge in [-0.05, 0) is 37.8 Å². The molecule has 0 spiro atoms. The van der Waals surface area contributed by atoms with E-state index in [2.05, 4.69) is 11.9 Å². The van der Waals surface area contributed by atoms with Gasteiger partial charge in [0.1, 0.15) is 5.76 Å². The van der Waals surface area contributed by atoms with Crippen molar-refractivity contribution in [3.05, 3.63) is 41.8 Å². The maximum Gasteiger partial charge on any atom is 0.276 e. The van der Waals surface area contributed by atoms with E-state index in [-0.39, 0.29) is 11.9 Å². The highest BCUT2D eigenvalue weighted by Crippen LogP contribution is 2.26. The average Bonchev–Trinajstić information content (AvgIpc) is 2.97. The van der Waals surface area contributed by atoms with E-state index in [0.717, 1.165) is 24.9 Å². The number of carbonyl (C=O) groups is 1. The van der Waals surface area contributed by atoms with Crippen LogP contribution in [0, 0.1) is 12.8 Å². The Bertz CT molecular complexity index is 681. The van der Waals surface area contributed by atoms with Gasteiger partial charge < -0.3 is 15.1 Å². The van der Waals surface area contributed by atoms with Crippen LogP contribution >= 0.6 is 0 Å². The molecule has 0 aliphatic carbocycles. The summed E-state index contributed by atoms with van der Waals surface area (Å²) >= 11 is 0. The van der Waals surface area contributed by atoms with Crippen molar-refractivity contribution in [3.8, 4) is 11.5 Å². The van der Waals surface area contributed by atoms with Gasteiger partial charge in [-0.2, -0.15) is 0 Å². The summed E-state index contributed by atoms with van der Waals surface area (Å²) in [6, 6.07) is 9.71. The number of aromatic nitrogens is 1. The monoisotopic (exact) mass is 313 g/mol. The molecule has 3 rings (SSSR count). The summed E-state index contributed by atoms with van der Waals surface area (Å²) in [5.41, 5.74) is 7.14. The zero-order chi connectivity index (χ0) is 16.4. The highest BCUT2D eigenvalue weighted by molar-refractivity contribution is 5.94. The van der Waals surface area contributed by atoms with E-state index in [1.165, 1.54) is 0 Å². The van der Waals surface area contributed by atoms with Crippen molar-refractivity contribution in [2.24, 2.45) is 11.7 Å². The fourth-order valence-corrected chi connectivity index (χ4v) is 3.18. The number of hydrogen-bond acceptors (Lipinski definition) is 4. The first-order valence-corrected chi connectivity index (χ1v) is 8.14. The van der Waals surface area contributed by atoms with Crippen LogP contribution in [0.4, 0.5) is 0 Å². The van der Waals surface area contributed by atoms with Crippen molar-refractivity contribution < 1.29 is 9.21 Å². The van der Waals surface area contributed by atoms with Gasteiger partial charge >= 0.3 is 0 Å². The van der Waals surface area contributed by atoms with Crippen LogP contribution in [0.1, 0.15) is 36.0 Å². The lowest BCUT2D eigenvalue weighted by Gasteiger charge is -2.37. The van der Waals surface area contributed by atoms with Crippen LogP contribution < -0.4 is 5.73 Å². The number of rotatable bonds is 3. The Morgan fingerprint density at radius 1 is 1.39 bits per heavy atom. The predicted octanol–water partition coefficient (Wildman–Crippen LogP) is 2.85. The van der Waals surface area contributed by atoms with Gasteiger partial charge in [0, 0.05) is 24.7 Å². The number of nitrogens with two attached hydrogens (primary N) is 1. The quantitative estimate of drug-likeness (QED) is 0.945. The SMILES string of the molecule is Cc1oc(-c2ccccc2)nc1C(=O)N1CCC(C)CC1CN. The summed E-state index contributed by atoms with van der Waals surface area (Å²) in [6.07, 6.45) is 1.95. The zero-order valence-electron chi connectivity index (χ0n) is 13.7. The van der Waals surface area contributed by atoms with Gasteiger partial charge in [0.05, 0.1) is 0 Å². The van der Waals surface area contributed by atoms with Gasteiger partial charge in [-0.1, -0.05) is 25.1 Å². The number of amides is 1. The Balaban J connectivity index is 1.87. The predicted molar refractivity (Wildman–Crippen MR) is 89.0 cm³/mol. The van der Waals surface area contributed by atoms with Crippen molar-refractivity contribution in [1.29, 1.82) is 0 Å². The van der Waals surface area contributed by atoms with Crippen molar-refractivity contribution >= 4 is 5.91 Å². The van der Waals surface area contributed by atoms with E-state index in [9.17, 15) is 4.79 Å². The van der Waals surface area contributed by atoms with Gasteiger partial charge in [0.25, 0.3) is 5.91 Å². The number of oxazole rings is 1. The molecule has 1 fully saturated rings. The minimum absolute atomic E-state index is 0.0734. The maximum atomic E-state index is 12.9.